The Bertz CT molecular complexity index is 1490. The van der Waals surface area contributed by atoms with Crippen molar-refractivity contribution in [2.75, 3.05) is 6.61 Å². The molecule has 9 heteroatoms. The van der Waals surface area contributed by atoms with E-state index in [0.717, 1.165) is 16.0 Å². The van der Waals surface area contributed by atoms with Crippen molar-refractivity contribution in [3.63, 3.8) is 0 Å². The maximum absolute atomic E-state index is 13.2. The second kappa shape index (κ2) is 9.82. The van der Waals surface area contributed by atoms with Crippen molar-refractivity contribution in [2.45, 2.75) is 31.3 Å². The molecule has 3 aromatic heterocycles. The predicted molar refractivity (Wildman–Crippen MR) is 135 cm³/mol. The Balaban J connectivity index is 1.42. The van der Waals surface area contributed by atoms with Crippen LogP contribution in [0.15, 0.2) is 75.1 Å². The molecule has 0 aliphatic carbocycles. The van der Waals surface area contributed by atoms with Crippen molar-refractivity contribution in [3.8, 4) is 27.6 Å². The van der Waals surface area contributed by atoms with Crippen LogP contribution in [0.2, 0.25) is 0 Å². The van der Waals surface area contributed by atoms with Gasteiger partial charge in [-0.1, -0.05) is 59.4 Å². The number of fused-ring (bicyclic) bond motifs is 1. The summed E-state index contributed by atoms with van der Waals surface area (Å²) >= 11 is 2.89. The molecule has 3 heterocycles. The Morgan fingerprint density at radius 1 is 1.06 bits per heavy atom. The first-order valence-electron chi connectivity index (χ1n) is 10.9. The third kappa shape index (κ3) is 4.36. The molecule has 34 heavy (non-hydrogen) atoms. The van der Waals surface area contributed by atoms with E-state index in [1.165, 1.54) is 23.1 Å². The van der Waals surface area contributed by atoms with E-state index in [9.17, 15) is 4.79 Å². The maximum atomic E-state index is 13.2. The standard InChI is InChI=1S/C25H22N4O3S2/c1-3-29-24(30)22-18(14-20(34-22)16-10-6-5-7-11-16)26-25(29)33-15-21-27-23(28-32-21)17-12-8-9-13-19(17)31-4-2/h5-14H,3-4,15H2,1-2H3. The fraction of sp³-hybridized carbons (Fsp3) is 0.200. The van der Waals surface area contributed by atoms with E-state index in [4.69, 9.17) is 14.2 Å². The van der Waals surface area contributed by atoms with Gasteiger partial charge in [-0.05, 0) is 37.6 Å². The second-order valence-corrected chi connectivity index (χ2v) is 9.36. The Labute approximate surface area is 204 Å². The van der Waals surface area contributed by atoms with E-state index >= 15 is 0 Å². The number of nitrogens with zero attached hydrogens (tertiary/aromatic N) is 4. The third-order valence-corrected chi connectivity index (χ3v) is 7.32. The highest BCUT2D eigenvalue weighted by atomic mass is 32.2. The van der Waals surface area contributed by atoms with E-state index in [2.05, 4.69) is 10.1 Å². The first-order valence-corrected chi connectivity index (χ1v) is 12.8. The zero-order valence-electron chi connectivity index (χ0n) is 18.7. The SMILES string of the molecule is CCOc1ccccc1-c1noc(CSc2nc3cc(-c4ccccc4)sc3c(=O)n2CC)n1. The van der Waals surface area contributed by atoms with Crippen LogP contribution in [0.4, 0.5) is 0 Å². The molecule has 0 radical (unpaired) electrons. The Morgan fingerprint density at radius 3 is 2.65 bits per heavy atom. The highest BCUT2D eigenvalue weighted by Gasteiger charge is 2.17. The molecule has 5 rings (SSSR count). The van der Waals surface area contributed by atoms with Gasteiger partial charge in [-0.3, -0.25) is 9.36 Å². The quantitative estimate of drug-likeness (QED) is 0.198. The zero-order chi connectivity index (χ0) is 23.5. The molecule has 7 nitrogen and oxygen atoms in total. The summed E-state index contributed by atoms with van der Waals surface area (Å²) in [5.74, 6) is 2.04. The molecule has 0 bridgehead atoms. The smallest absolute Gasteiger partial charge is 0.272 e. The van der Waals surface area contributed by atoms with Crippen LogP contribution >= 0.6 is 23.1 Å². The molecular weight excluding hydrogens is 468 g/mol. The van der Waals surface area contributed by atoms with Gasteiger partial charge in [-0.15, -0.1) is 11.3 Å². The molecule has 0 unspecified atom stereocenters. The van der Waals surface area contributed by atoms with Crippen LogP contribution in [0, 0.1) is 0 Å². The van der Waals surface area contributed by atoms with E-state index in [1.807, 2.05) is 74.5 Å². The number of thioether (sulfide) groups is 1. The van der Waals surface area contributed by atoms with Gasteiger partial charge in [0.1, 0.15) is 10.4 Å². The van der Waals surface area contributed by atoms with Crippen molar-refractivity contribution < 1.29 is 9.26 Å². The van der Waals surface area contributed by atoms with Gasteiger partial charge in [0, 0.05) is 11.4 Å². The number of aromatic nitrogens is 4. The van der Waals surface area contributed by atoms with E-state index in [-0.39, 0.29) is 5.56 Å². The molecule has 172 valence electrons. The molecule has 5 aromatic rings. The van der Waals surface area contributed by atoms with Crippen LogP contribution < -0.4 is 10.3 Å². The van der Waals surface area contributed by atoms with Crippen LogP contribution in [0.25, 0.3) is 32.0 Å². The fourth-order valence-electron chi connectivity index (χ4n) is 3.61. The molecule has 0 N–H and O–H groups in total. The zero-order valence-corrected chi connectivity index (χ0v) is 20.4. The number of thiophene rings is 1. The summed E-state index contributed by atoms with van der Waals surface area (Å²) in [7, 11) is 0. The second-order valence-electron chi connectivity index (χ2n) is 7.36. The largest absolute Gasteiger partial charge is 0.493 e. The van der Waals surface area contributed by atoms with Gasteiger partial charge in [0.05, 0.1) is 23.4 Å². The molecule has 0 amide bonds. The van der Waals surface area contributed by atoms with E-state index < -0.39 is 0 Å². The van der Waals surface area contributed by atoms with Gasteiger partial charge in [0.2, 0.25) is 11.7 Å². The lowest BCUT2D eigenvalue weighted by Crippen LogP contribution is -2.21. The van der Waals surface area contributed by atoms with Gasteiger partial charge in [-0.25, -0.2) is 4.98 Å². The molecule has 0 fully saturated rings. The summed E-state index contributed by atoms with van der Waals surface area (Å²) in [6.07, 6.45) is 0. The summed E-state index contributed by atoms with van der Waals surface area (Å²) in [4.78, 5) is 23.5. The average Bonchev–Trinajstić information content (AvgIpc) is 3.52. The van der Waals surface area contributed by atoms with Crippen LogP contribution in [0.5, 0.6) is 5.75 Å². The lowest BCUT2D eigenvalue weighted by atomic mass is 10.2. The lowest BCUT2D eigenvalue weighted by molar-refractivity contribution is 0.341. The fourth-order valence-corrected chi connectivity index (χ4v) is 5.56. The van der Waals surface area contributed by atoms with Gasteiger partial charge in [0.25, 0.3) is 5.56 Å². The van der Waals surface area contributed by atoms with Crippen molar-refractivity contribution >= 4 is 33.3 Å². The minimum absolute atomic E-state index is 0.0287. The highest BCUT2D eigenvalue weighted by molar-refractivity contribution is 7.98. The van der Waals surface area contributed by atoms with Crippen LogP contribution in [-0.2, 0) is 12.3 Å². The molecule has 0 saturated heterocycles. The Kier molecular flexibility index (Phi) is 6.46. The predicted octanol–water partition coefficient (Wildman–Crippen LogP) is 5.89. The molecule has 0 aliphatic rings. The lowest BCUT2D eigenvalue weighted by Gasteiger charge is -2.08. The van der Waals surface area contributed by atoms with Gasteiger partial charge in [0.15, 0.2) is 5.16 Å². The van der Waals surface area contributed by atoms with Crippen molar-refractivity contribution in [1.82, 2.24) is 19.7 Å². The number of hydrogen-bond acceptors (Lipinski definition) is 8. The summed E-state index contributed by atoms with van der Waals surface area (Å²) in [6.45, 7) is 4.96. The molecule has 0 aliphatic heterocycles. The van der Waals surface area contributed by atoms with Crippen molar-refractivity contribution in [3.05, 3.63) is 76.9 Å². The molecule has 0 spiro atoms. The third-order valence-electron chi connectivity index (χ3n) is 5.19. The monoisotopic (exact) mass is 490 g/mol. The molecule has 0 atom stereocenters. The number of para-hydroxylation sites is 1. The summed E-state index contributed by atoms with van der Waals surface area (Å²) in [5.41, 5.74) is 2.53. The molecular formula is C25H22N4O3S2. The van der Waals surface area contributed by atoms with Crippen molar-refractivity contribution in [2.24, 2.45) is 0 Å². The number of rotatable bonds is 8. The number of ether oxygens (including phenoxy) is 1. The average molecular weight is 491 g/mol. The number of hydrogen-bond donors (Lipinski definition) is 0. The minimum Gasteiger partial charge on any atom is -0.493 e. The highest BCUT2D eigenvalue weighted by Crippen LogP contribution is 2.33. The summed E-state index contributed by atoms with van der Waals surface area (Å²) in [6, 6.07) is 19.6. The number of benzene rings is 2. The first-order chi connectivity index (χ1) is 16.7. The molecule has 2 aromatic carbocycles. The van der Waals surface area contributed by atoms with E-state index in [1.54, 1.807) is 4.57 Å². The summed E-state index contributed by atoms with van der Waals surface area (Å²) < 4.78 is 13.5. The molecule has 0 saturated carbocycles. The van der Waals surface area contributed by atoms with Gasteiger partial charge >= 0.3 is 0 Å². The van der Waals surface area contributed by atoms with Gasteiger partial charge < -0.3 is 9.26 Å². The van der Waals surface area contributed by atoms with Gasteiger partial charge in [-0.2, -0.15) is 4.98 Å². The first kappa shape index (κ1) is 22.4. The minimum atomic E-state index is -0.0287. The Morgan fingerprint density at radius 2 is 1.85 bits per heavy atom. The van der Waals surface area contributed by atoms with Crippen LogP contribution in [0.1, 0.15) is 19.7 Å². The maximum Gasteiger partial charge on any atom is 0.272 e. The van der Waals surface area contributed by atoms with Crippen LogP contribution in [0.3, 0.4) is 0 Å². The normalized spacial score (nSPS) is 11.2. The topological polar surface area (TPSA) is 83.0 Å². The van der Waals surface area contributed by atoms with E-state index in [0.29, 0.717) is 51.7 Å². The van der Waals surface area contributed by atoms with Crippen molar-refractivity contribution in [1.29, 1.82) is 0 Å². The Hall–Kier alpha value is -3.43. The summed E-state index contributed by atoms with van der Waals surface area (Å²) in [5, 5.41) is 4.75. The van der Waals surface area contributed by atoms with Crippen LogP contribution in [-0.4, -0.2) is 26.3 Å².